The van der Waals surface area contributed by atoms with E-state index in [4.69, 9.17) is 0 Å². The van der Waals surface area contributed by atoms with E-state index in [2.05, 4.69) is 15.8 Å². The smallest absolute Gasteiger partial charge is 0.348 e. The third kappa shape index (κ3) is 3.49. The highest BCUT2D eigenvalue weighted by Gasteiger charge is 2.29. The molecule has 0 aliphatic carbocycles. The van der Waals surface area contributed by atoms with E-state index in [0.29, 0.717) is 17.8 Å². The predicted molar refractivity (Wildman–Crippen MR) is 69.3 cm³/mol. The first-order chi connectivity index (χ1) is 9.36. The van der Waals surface area contributed by atoms with Crippen LogP contribution in [0.15, 0.2) is 29.4 Å². The lowest BCUT2D eigenvalue weighted by molar-refractivity contribution is -0.137. The fourth-order valence-corrected chi connectivity index (χ4v) is 1.82. The summed E-state index contributed by atoms with van der Waals surface area (Å²) in [6.07, 6.45) is -3.02. The zero-order valence-corrected chi connectivity index (χ0v) is 10.8. The van der Waals surface area contributed by atoms with E-state index in [1.807, 2.05) is 6.92 Å². The van der Waals surface area contributed by atoms with Crippen molar-refractivity contribution in [2.45, 2.75) is 32.0 Å². The molecule has 0 radical (unpaired) electrons. The number of rotatable bonds is 2. The van der Waals surface area contributed by atoms with Crippen molar-refractivity contribution in [2.24, 2.45) is 5.10 Å². The normalized spacial score (nSPS) is 21.7. The van der Waals surface area contributed by atoms with E-state index in [-0.39, 0.29) is 11.9 Å². The van der Waals surface area contributed by atoms with E-state index in [1.54, 1.807) is 0 Å². The van der Waals surface area contributed by atoms with Crippen LogP contribution in [0.5, 0.6) is 0 Å². The average molecular weight is 285 g/mol. The second kappa shape index (κ2) is 5.52. The van der Waals surface area contributed by atoms with Gasteiger partial charge >= 0.3 is 6.18 Å². The number of nitrogens with one attached hydrogen (secondary N) is 2. The molecule has 1 aromatic carbocycles. The summed E-state index contributed by atoms with van der Waals surface area (Å²) in [7, 11) is 0. The Balaban J connectivity index is 2.02. The van der Waals surface area contributed by atoms with Crippen LogP contribution in [0.3, 0.4) is 0 Å². The molecular weight excluding hydrogens is 271 g/mol. The van der Waals surface area contributed by atoms with Gasteiger partial charge in [0, 0.05) is 6.04 Å². The van der Waals surface area contributed by atoms with Crippen LogP contribution in [-0.2, 0) is 11.0 Å². The number of carbonyl (C=O) groups excluding carboxylic acids is 1. The summed E-state index contributed by atoms with van der Waals surface area (Å²) < 4.78 is 37.1. The third-order valence-corrected chi connectivity index (χ3v) is 2.99. The highest BCUT2D eigenvalue weighted by atomic mass is 19.4. The summed E-state index contributed by atoms with van der Waals surface area (Å²) in [4.78, 5) is 11.6. The Morgan fingerprint density at radius 3 is 2.50 bits per heavy atom. The number of hydrazone groups is 1. The molecule has 1 aromatic rings. The molecule has 0 aromatic heterocycles. The summed E-state index contributed by atoms with van der Waals surface area (Å²) in [5, 5.41) is 6.67. The molecule has 1 aliphatic heterocycles. The highest BCUT2D eigenvalue weighted by Crippen LogP contribution is 2.29. The van der Waals surface area contributed by atoms with Crippen LogP contribution in [0.1, 0.15) is 25.3 Å². The third-order valence-electron chi connectivity index (χ3n) is 2.99. The maximum Gasteiger partial charge on any atom is 0.416 e. The van der Waals surface area contributed by atoms with E-state index in [1.165, 1.54) is 12.1 Å². The molecule has 0 saturated carbocycles. The Hall–Kier alpha value is -2.05. The van der Waals surface area contributed by atoms with Gasteiger partial charge in [-0.3, -0.25) is 10.2 Å². The van der Waals surface area contributed by atoms with E-state index < -0.39 is 11.7 Å². The number of nitrogens with zero attached hydrogens (tertiary/aromatic N) is 1. The van der Waals surface area contributed by atoms with Gasteiger partial charge in [-0.15, -0.1) is 0 Å². The monoisotopic (exact) mass is 285 g/mol. The zero-order chi connectivity index (χ0) is 14.8. The molecule has 1 aliphatic rings. The van der Waals surface area contributed by atoms with Crippen LogP contribution in [0, 0.1) is 0 Å². The number of hydrogen-bond acceptors (Lipinski definition) is 3. The van der Waals surface area contributed by atoms with Crippen LogP contribution >= 0.6 is 0 Å². The lowest BCUT2D eigenvalue weighted by Gasteiger charge is -2.20. The Morgan fingerprint density at radius 1 is 1.30 bits per heavy atom. The van der Waals surface area contributed by atoms with Gasteiger partial charge < -0.3 is 5.32 Å². The minimum Gasteiger partial charge on any atom is -0.348 e. The van der Waals surface area contributed by atoms with Gasteiger partial charge in [-0.1, -0.05) is 0 Å². The maximum absolute atomic E-state index is 12.4. The van der Waals surface area contributed by atoms with Gasteiger partial charge in [0.15, 0.2) is 0 Å². The molecular formula is C13H14F3N3O. The molecule has 1 heterocycles. The van der Waals surface area contributed by atoms with E-state index in [0.717, 1.165) is 18.6 Å². The Bertz CT molecular complexity index is 523. The molecule has 0 spiro atoms. The lowest BCUT2D eigenvalue weighted by atomic mass is 10.0. The van der Waals surface area contributed by atoms with E-state index in [9.17, 15) is 18.0 Å². The molecule has 1 fully saturated rings. The fraction of sp³-hybridized carbons (Fsp3) is 0.385. The number of amides is 1. The number of piperidine rings is 1. The van der Waals surface area contributed by atoms with Crippen molar-refractivity contribution in [2.75, 3.05) is 5.43 Å². The summed E-state index contributed by atoms with van der Waals surface area (Å²) >= 11 is 0. The minimum absolute atomic E-state index is 0.118. The van der Waals surface area contributed by atoms with Gasteiger partial charge in [-0.25, -0.2) is 0 Å². The molecule has 2 N–H and O–H groups in total. The van der Waals surface area contributed by atoms with Gasteiger partial charge in [0.25, 0.3) is 5.91 Å². The highest BCUT2D eigenvalue weighted by molar-refractivity contribution is 6.39. The van der Waals surface area contributed by atoms with Crippen molar-refractivity contribution in [3.8, 4) is 0 Å². The molecule has 1 amide bonds. The quantitative estimate of drug-likeness (QED) is 0.821. The van der Waals surface area contributed by atoms with Crippen molar-refractivity contribution in [1.29, 1.82) is 0 Å². The number of benzene rings is 1. The second-order valence-electron chi connectivity index (χ2n) is 4.66. The van der Waals surface area contributed by atoms with Gasteiger partial charge in [-0.05, 0) is 44.0 Å². The first-order valence-corrected chi connectivity index (χ1v) is 6.17. The first-order valence-electron chi connectivity index (χ1n) is 6.17. The second-order valence-corrected chi connectivity index (χ2v) is 4.66. The number of alkyl halides is 3. The van der Waals surface area contributed by atoms with E-state index >= 15 is 0 Å². The Labute approximate surface area is 114 Å². The van der Waals surface area contributed by atoms with Crippen LogP contribution in [0.4, 0.5) is 18.9 Å². The fourth-order valence-electron chi connectivity index (χ4n) is 1.82. The van der Waals surface area contributed by atoms with Crippen molar-refractivity contribution in [3.05, 3.63) is 29.8 Å². The molecule has 1 atom stereocenters. The van der Waals surface area contributed by atoms with Crippen LogP contribution in [-0.4, -0.2) is 17.7 Å². The molecule has 20 heavy (non-hydrogen) atoms. The Kier molecular flexibility index (Phi) is 3.96. The molecule has 1 saturated heterocycles. The molecule has 108 valence electrons. The number of halogens is 3. The summed E-state index contributed by atoms with van der Waals surface area (Å²) in [5.74, 6) is -0.247. The average Bonchev–Trinajstić information content (AvgIpc) is 2.37. The molecule has 2 rings (SSSR count). The van der Waals surface area contributed by atoms with Crippen molar-refractivity contribution >= 4 is 17.3 Å². The van der Waals surface area contributed by atoms with Crippen molar-refractivity contribution in [3.63, 3.8) is 0 Å². The molecule has 0 bridgehead atoms. The summed E-state index contributed by atoms with van der Waals surface area (Å²) in [5.41, 5.74) is 2.63. The summed E-state index contributed by atoms with van der Waals surface area (Å²) in [6.45, 7) is 1.90. The van der Waals surface area contributed by atoms with Crippen LogP contribution < -0.4 is 10.7 Å². The standard InChI is InChI=1S/C13H14F3N3O/c1-8-2-7-11(12(20)17-8)19-18-10-5-3-9(4-6-10)13(14,15)16/h3-6,8,18H,2,7H2,1H3,(H,17,20). The SMILES string of the molecule is CC1CCC(=NNc2ccc(C(F)(F)F)cc2)C(=O)N1. The number of carbonyl (C=O) groups is 1. The van der Waals surface area contributed by atoms with Crippen LogP contribution in [0.2, 0.25) is 0 Å². The van der Waals surface area contributed by atoms with Crippen molar-refractivity contribution < 1.29 is 18.0 Å². The number of anilines is 1. The number of hydrogen-bond donors (Lipinski definition) is 2. The molecule has 4 nitrogen and oxygen atoms in total. The maximum atomic E-state index is 12.4. The Morgan fingerprint density at radius 2 is 1.95 bits per heavy atom. The molecule has 1 unspecified atom stereocenters. The van der Waals surface area contributed by atoms with Gasteiger partial charge in [0.05, 0.1) is 11.3 Å². The largest absolute Gasteiger partial charge is 0.416 e. The van der Waals surface area contributed by atoms with Gasteiger partial charge in [-0.2, -0.15) is 18.3 Å². The topological polar surface area (TPSA) is 53.5 Å². The van der Waals surface area contributed by atoms with Gasteiger partial charge in [0.1, 0.15) is 5.71 Å². The molecule has 7 heteroatoms. The predicted octanol–water partition coefficient (Wildman–Crippen LogP) is 2.77. The zero-order valence-electron chi connectivity index (χ0n) is 10.8. The lowest BCUT2D eigenvalue weighted by Crippen LogP contribution is -2.43. The van der Waals surface area contributed by atoms with Crippen LogP contribution in [0.25, 0.3) is 0 Å². The van der Waals surface area contributed by atoms with Gasteiger partial charge in [0.2, 0.25) is 0 Å². The first kappa shape index (κ1) is 14.4. The minimum atomic E-state index is -4.36. The van der Waals surface area contributed by atoms with Crippen molar-refractivity contribution in [1.82, 2.24) is 5.32 Å². The summed E-state index contributed by atoms with van der Waals surface area (Å²) in [6, 6.07) is 4.59.